The van der Waals surface area contributed by atoms with E-state index in [0.717, 1.165) is 0 Å². The van der Waals surface area contributed by atoms with Crippen molar-refractivity contribution in [2.45, 2.75) is 19.3 Å². The Kier molecular flexibility index (Phi) is 2.22. The molecule has 0 amide bonds. The van der Waals surface area contributed by atoms with E-state index in [-0.39, 0.29) is 12.2 Å². The molecular weight excluding hydrogens is 196 g/mol. The predicted octanol–water partition coefficient (Wildman–Crippen LogP) is 0.914. The lowest BCUT2D eigenvalue weighted by Crippen LogP contribution is -2.19. The summed E-state index contributed by atoms with van der Waals surface area (Å²) in [6, 6.07) is 0. The minimum atomic E-state index is -0.882. The molecule has 1 aliphatic rings. The molecule has 0 aromatic carbocycles. The van der Waals surface area contributed by atoms with Crippen molar-refractivity contribution in [1.29, 1.82) is 0 Å². The summed E-state index contributed by atoms with van der Waals surface area (Å²) in [5.41, 5.74) is -0.433. The van der Waals surface area contributed by atoms with Crippen LogP contribution < -0.4 is 0 Å². The number of hydrogen-bond acceptors (Lipinski definition) is 4. The number of hydrogen-bond donors (Lipinski definition) is 1. The van der Waals surface area contributed by atoms with Crippen molar-refractivity contribution in [1.82, 2.24) is 9.97 Å². The maximum Gasteiger partial charge on any atom is 0.310 e. The molecule has 0 saturated heterocycles. The van der Waals surface area contributed by atoms with Crippen molar-refractivity contribution in [3.8, 4) is 0 Å². The van der Waals surface area contributed by atoms with Gasteiger partial charge >= 0.3 is 5.97 Å². The average Bonchev–Trinajstić information content (AvgIpc) is 3.00. The highest BCUT2D eigenvalue weighted by atomic mass is 16.4. The lowest BCUT2D eigenvalue weighted by Gasteiger charge is -2.07. The zero-order valence-electron chi connectivity index (χ0n) is 8.01. The Balaban J connectivity index is 2.08. The summed E-state index contributed by atoms with van der Waals surface area (Å²) < 4.78 is 0. The molecule has 1 aliphatic carbocycles. The second-order valence-electron chi connectivity index (χ2n) is 3.81. The van der Waals surface area contributed by atoms with Crippen LogP contribution >= 0.6 is 0 Å². The Labute approximate surface area is 86.2 Å². The monoisotopic (exact) mass is 206 g/mol. The van der Waals surface area contributed by atoms with Crippen molar-refractivity contribution < 1.29 is 14.7 Å². The Morgan fingerprint density at radius 3 is 2.40 bits per heavy atom. The Bertz CT molecular complexity index is 398. The predicted molar refractivity (Wildman–Crippen MR) is 50.3 cm³/mol. The molecule has 0 bridgehead atoms. The van der Waals surface area contributed by atoms with Gasteiger partial charge in [0.15, 0.2) is 5.78 Å². The molecular formula is C10H10N2O3. The zero-order valence-corrected chi connectivity index (χ0v) is 8.01. The molecule has 1 heterocycles. The second kappa shape index (κ2) is 3.42. The van der Waals surface area contributed by atoms with Crippen molar-refractivity contribution >= 4 is 11.8 Å². The second-order valence-corrected chi connectivity index (χ2v) is 3.81. The molecule has 0 atom stereocenters. The first-order valence-corrected chi connectivity index (χ1v) is 4.66. The number of carboxylic acids is 1. The van der Waals surface area contributed by atoms with E-state index in [0.29, 0.717) is 18.4 Å². The van der Waals surface area contributed by atoms with E-state index in [1.807, 2.05) is 0 Å². The van der Waals surface area contributed by atoms with Crippen LogP contribution in [0.5, 0.6) is 0 Å². The van der Waals surface area contributed by atoms with Crippen molar-refractivity contribution in [2.75, 3.05) is 0 Å². The molecule has 1 aromatic rings. The SMILES string of the molecule is O=C(CC1(C(=O)O)CC1)c1cncnc1. The first-order valence-electron chi connectivity index (χ1n) is 4.66. The van der Waals surface area contributed by atoms with Crippen LogP contribution in [0, 0.1) is 5.41 Å². The summed E-state index contributed by atoms with van der Waals surface area (Å²) in [6.45, 7) is 0. The summed E-state index contributed by atoms with van der Waals surface area (Å²) in [5, 5.41) is 8.92. The van der Waals surface area contributed by atoms with Gasteiger partial charge in [0.2, 0.25) is 0 Å². The highest BCUT2D eigenvalue weighted by molar-refractivity contribution is 5.99. The normalized spacial score (nSPS) is 17.1. The Morgan fingerprint density at radius 2 is 1.93 bits per heavy atom. The quantitative estimate of drug-likeness (QED) is 0.740. The molecule has 78 valence electrons. The third-order valence-electron chi connectivity index (χ3n) is 2.69. The fourth-order valence-corrected chi connectivity index (χ4v) is 1.47. The molecule has 5 heteroatoms. The van der Waals surface area contributed by atoms with Crippen LogP contribution in [0.15, 0.2) is 18.7 Å². The van der Waals surface area contributed by atoms with E-state index in [1.54, 1.807) is 0 Å². The molecule has 2 rings (SSSR count). The van der Waals surface area contributed by atoms with Gasteiger partial charge in [-0.25, -0.2) is 9.97 Å². The van der Waals surface area contributed by atoms with Gasteiger partial charge in [0, 0.05) is 18.8 Å². The van der Waals surface area contributed by atoms with Crippen LogP contribution in [0.3, 0.4) is 0 Å². The maximum absolute atomic E-state index is 11.7. The number of carboxylic acid groups (broad SMARTS) is 1. The van der Waals surface area contributed by atoms with Crippen LogP contribution in [0.4, 0.5) is 0 Å². The summed E-state index contributed by atoms with van der Waals surface area (Å²) in [5.74, 6) is -1.08. The molecule has 1 N–H and O–H groups in total. The molecule has 0 unspecified atom stereocenters. The van der Waals surface area contributed by atoms with Crippen LogP contribution in [-0.4, -0.2) is 26.8 Å². The van der Waals surface area contributed by atoms with Gasteiger partial charge < -0.3 is 5.11 Å². The first kappa shape index (κ1) is 9.76. The molecule has 15 heavy (non-hydrogen) atoms. The third kappa shape index (κ3) is 1.86. The average molecular weight is 206 g/mol. The van der Waals surface area contributed by atoms with Gasteiger partial charge in [-0.1, -0.05) is 0 Å². The van der Waals surface area contributed by atoms with Gasteiger partial charge in [0.05, 0.1) is 11.0 Å². The Hall–Kier alpha value is -1.78. The number of aromatic nitrogens is 2. The standard InChI is InChI=1S/C10H10N2O3/c13-8(7-4-11-6-12-5-7)3-10(1-2-10)9(14)15/h4-6H,1-3H2,(H,14,15). The van der Waals surface area contributed by atoms with Gasteiger partial charge in [0.1, 0.15) is 6.33 Å². The zero-order chi connectivity index (χ0) is 10.9. The van der Waals surface area contributed by atoms with E-state index in [9.17, 15) is 9.59 Å². The highest BCUT2D eigenvalue weighted by Crippen LogP contribution is 2.49. The maximum atomic E-state index is 11.7. The third-order valence-corrected chi connectivity index (χ3v) is 2.69. The van der Waals surface area contributed by atoms with E-state index >= 15 is 0 Å². The first-order chi connectivity index (χ1) is 7.14. The largest absolute Gasteiger partial charge is 0.481 e. The molecule has 0 aliphatic heterocycles. The van der Waals surface area contributed by atoms with Gasteiger partial charge in [-0.15, -0.1) is 0 Å². The topological polar surface area (TPSA) is 80.2 Å². The molecule has 0 radical (unpaired) electrons. The lowest BCUT2D eigenvalue weighted by molar-refractivity contribution is -0.143. The highest BCUT2D eigenvalue weighted by Gasteiger charge is 2.51. The van der Waals surface area contributed by atoms with Crippen molar-refractivity contribution in [3.63, 3.8) is 0 Å². The number of aliphatic carboxylic acids is 1. The minimum absolute atomic E-state index is 0.0513. The number of Topliss-reactive ketones (excluding diaryl/α,β-unsaturated/α-hetero) is 1. The lowest BCUT2D eigenvalue weighted by atomic mass is 9.97. The number of rotatable bonds is 4. The molecule has 0 spiro atoms. The van der Waals surface area contributed by atoms with E-state index in [2.05, 4.69) is 9.97 Å². The van der Waals surface area contributed by atoms with Crippen LogP contribution in [-0.2, 0) is 4.79 Å². The fourth-order valence-electron chi connectivity index (χ4n) is 1.47. The number of nitrogens with zero attached hydrogens (tertiary/aromatic N) is 2. The minimum Gasteiger partial charge on any atom is -0.481 e. The van der Waals surface area contributed by atoms with Gasteiger partial charge in [0.25, 0.3) is 0 Å². The smallest absolute Gasteiger partial charge is 0.310 e. The molecule has 1 saturated carbocycles. The number of ketones is 1. The van der Waals surface area contributed by atoms with Crippen molar-refractivity contribution in [2.24, 2.45) is 5.41 Å². The van der Waals surface area contributed by atoms with Crippen LogP contribution in [0.1, 0.15) is 29.6 Å². The van der Waals surface area contributed by atoms with E-state index < -0.39 is 11.4 Å². The van der Waals surface area contributed by atoms with Gasteiger partial charge in [-0.2, -0.15) is 0 Å². The van der Waals surface area contributed by atoms with Crippen LogP contribution in [0.2, 0.25) is 0 Å². The number of carbonyl (C=O) groups excluding carboxylic acids is 1. The summed E-state index contributed by atoms with van der Waals surface area (Å²) >= 11 is 0. The van der Waals surface area contributed by atoms with Gasteiger partial charge in [-0.05, 0) is 12.8 Å². The Morgan fingerprint density at radius 1 is 1.33 bits per heavy atom. The van der Waals surface area contributed by atoms with Crippen LogP contribution in [0.25, 0.3) is 0 Å². The van der Waals surface area contributed by atoms with Crippen molar-refractivity contribution in [3.05, 3.63) is 24.3 Å². The van der Waals surface area contributed by atoms with E-state index in [4.69, 9.17) is 5.11 Å². The summed E-state index contributed by atoms with van der Waals surface area (Å²) in [4.78, 5) is 30.0. The number of carbonyl (C=O) groups is 2. The summed E-state index contributed by atoms with van der Waals surface area (Å²) in [7, 11) is 0. The van der Waals surface area contributed by atoms with Gasteiger partial charge in [-0.3, -0.25) is 9.59 Å². The molecule has 1 fully saturated rings. The van der Waals surface area contributed by atoms with E-state index in [1.165, 1.54) is 18.7 Å². The fraction of sp³-hybridized carbons (Fsp3) is 0.400. The molecule has 1 aromatic heterocycles. The molecule has 5 nitrogen and oxygen atoms in total. The summed E-state index contributed by atoms with van der Waals surface area (Å²) in [6.07, 6.45) is 5.38.